The zero-order valence-electron chi connectivity index (χ0n) is 21.0. The van der Waals surface area contributed by atoms with E-state index in [9.17, 15) is 13.2 Å². The average molecular weight is 501 g/mol. The Morgan fingerprint density at radius 2 is 1.71 bits per heavy atom. The highest BCUT2D eigenvalue weighted by molar-refractivity contribution is 7.90. The van der Waals surface area contributed by atoms with Gasteiger partial charge in [-0.15, -0.1) is 5.54 Å². The standard InChI is InChI=1S/C24H32N4O4SSi/c1-15(2)34(16(3)4,17(5)6)10-9-20-18(7)23(29)28(13-19-11-26-32-14-19)22-21(20)12-25-24(27-22)33(8,30)31/h11-12,14-17H,13H2,1-8H3. The second-order valence-corrected chi connectivity index (χ2v) is 17.2. The van der Waals surface area contributed by atoms with Gasteiger partial charge in [0.25, 0.3) is 5.56 Å². The van der Waals surface area contributed by atoms with E-state index in [1.54, 1.807) is 6.92 Å². The van der Waals surface area contributed by atoms with Crippen LogP contribution in [-0.4, -0.2) is 42.4 Å². The predicted octanol–water partition coefficient (Wildman–Crippen LogP) is 4.11. The number of aromatic nitrogens is 4. The number of nitrogens with zero attached hydrogens (tertiary/aromatic N) is 4. The van der Waals surface area contributed by atoms with Gasteiger partial charge in [0, 0.05) is 29.1 Å². The Bertz CT molecular complexity index is 1410. The highest BCUT2D eigenvalue weighted by atomic mass is 32.2. The first-order valence-electron chi connectivity index (χ1n) is 11.3. The van der Waals surface area contributed by atoms with E-state index in [0.29, 0.717) is 38.7 Å². The van der Waals surface area contributed by atoms with E-state index in [1.165, 1.54) is 23.2 Å². The smallest absolute Gasteiger partial charge is 0.256 e. The second-order valence-electron chi connectivity index (χ2n) is 9.73. The first-order chi connectivity index (χ1) is 15.8. The summed E-state index contributed by atoms with van der Waals surface area (Å²) < 4.78 is 30.7. The summed E-state index contributed by atoms with van der Waals surface area (Å²) in [5.74, 6) is 3.36. The van der Waals surface area contributed by atoms with Crippen LogP contribution in [0.15, 0.2) is 33.1 Å². The molecule has 34 heavy (non-hydrogen) atoms. The van der Waals surface area contributed by atoms with E-state index in [4.69, 9.17) is 4.52 Å². The van der Waals surface area contributed by atoms with Crippen LogP contribution in [0.25, 0.3) is 11.0 Å². The van der Waals surface area contributed by atoms with Crippen molar-refractivity contribution in [1.82, 2.24) is 19.7 Å². The van der Waals surface area contributed by atoms with Gasteiger partial charge in [0.05, 0.1) is 18.1 Å². The summed E-state index contributed by atoms with van der Waals surface area (Å²) in [7, 11) is -5.75. The Morgan fingerprint density at radius 1 is 1.09 bits per heavy atom. The maximum Gasteiger partial charge on any atom is 0.256 e. The summed E-state index contributed by atoms with van der Waals surface area (Å²) in [6, 6.07) is 0. The van der Waals surface area contributed by atoms with Crippen molar-refractivity contribution in [2.75, 3.05) is 6.26 Å². The lowest BCUT2D eigenvalue weighted by molar-refractivity contribution is 0.418. The molecule has 8 nitrogen and oxygen atoms in total. The maximum absolute atomic E-state index is 13.5. The summed E-state index contributed by atoms with van der Waals surface area (Å²) >= 11 is 0. The molecule has 0 aliphatic carbocycles. The minimum Gasteiger partial charge on any atom is -0.364 e. The highest BCUT2D eigenvalue weighted by Gasteiger charge is 2.41. The topological polar surface area (TPSA) is 108 Å². The molecule has 0 fully saturated rings. The molecule has 0 saturated heterocycles. The minimum absolute atomic E-state index is 0.135. The molecule has 0 N–H and O–H groups in total. The van der Waals surface area contributed by atoms with Gasteiger partial charge in [0.15, 0.2) is 0 Å². The molecule has 3 aromatic rings. The first kappa shape index (κ1) is 25.8. The van der Waals surface area contributed by atoms with Gasteiger partial charge in [-0.25, -0.2) is 13.4 Å². The molecule has 0 radical (unpaired) electrons. The molecule has 0 aliphatic rings. The molecule has 0 saturated carbocycles. The molecule has 10 heteroatoms. The molecule has 0 aromatic carbocycles. The summed E-state index contributed by atoms with van der Waals surface area (Å²) in [6.07, 6.45) is 5.45. The fourth-order valence-electron chi connectivity index (χ4n) is 4.92. The van der Waals surface area contributed by atoms with E-state index >= 15 is 0 Å². The molecule has 0 amide bonds. The molecule has 182 valence electrons. The van der Waals surface area contributed by atoms with Crippen LogP contribution in [0.4, 0.5) is 0 Å². The van der Waals surface area contributed by atoms with E-state index in [1.807, 2.05) is 0 Å². The number of hydrogen-bond donors (Lipinski definition) is 0. The summed E-state index contributed by atoms with van der Waals surface area (Å²) in [5.41, 5.74) is 6.56. The Hall–Kier alpha value is -2.77. The van der Waals surface area contributed by atoms with Crippen molar-refractivity contribution in [2.45, 2.75) is 76.8 Å². The van der Waals surface area contributed by atoms with Crippen LogP contribution in [0.2, 0.25) is 16.6 Å². The van der Waals surface area contributed by atoms with Crippen molar-refractivity contribution in [3.63, 3.8) is 0 Å². The van der Waals surface area contributed by atoms with Crippen LogP contribution in [0.3, 0.4) is 0 Å². The third-order valence-corrected chi connectivity index (χ3v) is 13.8. The van der Waals surface area contributed by atoms with Crippen molar-refractivity contribution in [1.29, 1.82) is 0 Å². The second kappa shape index (κ2) is 9.47. The number of rotatable bonds is 6. The maximum atomic E-state index is 13.5. The lowest BCUT2D eigenvalue weighted by Gasteiger charge is -2.38. The molecule has 3 rings (SSSR count). The molecule has 3 heterocycles. The molecule has 0 spiro atoms. The third kappa shape index (κ3) is 4.59. The molecule has 0 bridgehead atoms. The first-order valence-corrected chi connectivity index (χ1v) is 15.4. The largest absolute Gasteiger partial charge is 0.364 e. The Kier molecular flexibility index (Phi) is 7.19. The number of fused-ring (bicyclic) bond motifs is 1. The SMILES string of the molecule is Cc1c(C#C[Si](C(C)C)(C(C)C)C(C)C)c2cnc(S(C)(=O)=O)nc2n(Cc2cnoc2)c1=O. The van der Waals surface area contributed by atoms with Crippen molar-refractivity contribution < 1.29 is 12.9 Å². The van der Waals surface area contributed by atoms with Gasteiger partial charge in [-0.3, -0.25) is 9.36 Å². The fourth-order valence-corrected chi connectivity index (χ4v) is 10.6. The molecular formula is C24H32N4O4SSi. The zero-order valence-corrected chi connectivity index (χ0v) is 22.8. The van der Waals surface area contributed by atoms with Gasteiger partial charge in [-0.05, 0) is 23.5 Å². The van der Waals surface area contributed by atoms with Gasteiger partial charge >= 0.3 is 0 Å². The fraction of sp³-hybridized carbons (Fsp3) is 0.500. The molecule has 0 atom stereocenters. The molecular weight excluding hydrogens is 468 g/mol. The summed E-state index contributed by atoms with van der Waals surface area (Å²) in [6.45, 7) is 15.2. The Labute approximate surface area is 201 Å². The predicted molar refractivity (Wildman–Crippen MR) is 135 cm³/mol. The van der Waals surface area contributed by atoms with Crippen molar-refractivity contribution in [2.24, 2.45) is 0 Å². The van der Waals surface area contributed by atoms with E-state index < -0.39 is 17.9 Å². The van der Waals surface area contributed by atoms with E-state index in [0.717, 1.165) is 6.26 Å². The summed E-state index contributed by atoms with van der Waals surface area (Å²) in [5, 5.41) is 3.91. The zero-order chi connectivity index (χ0) is 25.4. The lowest BCUT2D eigenvalue weighted by Crippen LogP contribution is -2.43. The van der Waals surface area contributed by atoms with Crippen LogP contribution in [0.5, 0.6) is 0 Å². The van der Waals surface area contributed by atoms with Crippen molar-refractivity contribution >= 4 is 28.9 Å². The lowest BCUT2D eigenvalue weighted by atomic mass is 10.1. The number of pyridine rings is 1. The third-order valence-electron chi connectivity index (χ3n) is 6.64. The van der Waals surface area contributed by atoms with Crippen LogP contribution < -0.4 is 5.56 Å². The van der Waals surface area contributed by atoms with Gasteiger partial charge in [0.1, 0.15) is 20.0 Å². The van der Waals surface area contributed by atoms with Crippen LogP contribution >= 0.6 is 0 Å². The highest BCUT2D eigenvalue weighted by Crippen LogP contribution is 2.41. The molecule has 0 unspecified atom stereocenters. The van der Waals surface area contributed by atoms with E-state index in [2.05, 4.69) is 68.1 Å². The van der Waals surface area contributed by atoms with Gasteiger partial charge in [-0.1, -0.05) is 52.6 Å². The van der Waals surface area contributed by atoms with E-state index in [-0.39, 0.29) is 22.9 Å². The molecule has 0 aliphatic heterocycles. The monoisotopic (exact) mass is 500 g/mol. The number of hydrogen-bond acceptors (Lipinski definition) is 7. The van der Waals surface area contributed by atoms with Crippen molar-refractivity contribution in [3.05, 3.63) is 45.7 Å². The quantitative estimate of drug-likeness (QED) is 0.285. The number of sulfone groups is 1. The van der Waals surface area contributed by atoms with Gasteiger partial charge in [-0.2, -0.15) is 4.98 Å². The van der Waals surface area contributed by atoms with Gasteiger partial charge in [0.2, 0.25) is 15.0 Å². The van der Waals surface area contributed by atoms with Crippen LogP contribution in [0, 0.1) is 18.4 Å². The Balaban J connectivity index is 2.39. The molecule has 3 aromatic heterocycles. The van der Waals surface area contributed by atoms with Gasteiger partial charge < -0.3 is 4.52 Å². The summed E-state index contributed by atoms with van der Waals surface area (Å²) in [4.78, 5) is 21.9. The van der Waals surface area contributed by atoms with Crippen LogP contribution in [0.1, 0.15) is 58.2 Å². The minimum atomic E-state index is -3.68. The Morgan fingerprint density at radius 3 is 2.21 bits per heavy atom. The average Bonchev–Trinajstić information content (AvgIpc) is 3.25. The van der Waals surface area contributed by atoms with Crippen molar-refractivity contribution in [3.8, 4) is 11.5 Å². The normalized spacial score (nSPS) is 12.6. The van der Waals surface area contributed by atoms with Crippen LogP contribution in [-0.2, 0) is 16.4 Å².